The molecule has 1 aromatic heterocycles. The van der Waals surface area contributed by atoms with Crippen LogP contribution in [0.2, 0.25) is 0 Å². The quantitative estimate of drug-likeness (QED) is 0.697. The number of benzene rings is 2. The maximum absolute atomic E-state index is 13.3. The second-order valence-electron chi connectivity index (χ2n) is 6.55. The molecule has 0 N–H and O–H groups in total. The van der Waals surface area contributed by atoms with Crippen molar-refractivity contribution in [3.63, 3.8) is 0 Å². The van der Waals surface area contributed by atoms with E-state index in [1.54, 1.807) is 48.7 Å². The number of amides is 1. The van der Waals surface area contributed by atoms with E-state index in [1.807, 2.05) is 31.2 Å². The Morgan fingerprint density at radius 3 is 2.37 bits per heavy atom. The molecule has 6 heteroatoms. The SMILES string of the molecule is Cc1ccc(S(=O)(=O)N2C(=O)c3ccccc3C2Cc2ccccn2)cc1. The number of rotatable bonds is 4. The van der Waals surface area contributed by atoms with Crippen LogP contribution in [0.25, 0.3) is 0 Å². The molecule has 4 rings (SSSR count). The number of pyridine rings is 1. The summed E-state index contributed by atoms with van der Waals surface area (Å²) in [4.78, 5) is 17.4. The topological polar surface area (TPSA) is 67.3 Å². The highest BCUT2D eigenvalue weighted by atomic mass is 32.2. The second kappa shape index (κ2) is 6.63. The van der Waals surface area contributed by atoms with Gasteiger partial charge in [0, 0.05) is 23.9 Å². The van der Waals surface area contributed by atoms with Gasteiger partial charge in [0.2, 0.25) is 0 Å². The maximum atomic E-state index is 13.3. The zero-order valence-electron chi connectivity index (χ0n) is 14.7. The molecule has 2 heterocycles. The fourth-order valence-corrected chi connectivity index (χ4v) is 4.93. The number of carbonyl (C=O) groups is 1. The zero-order chi connectivity index (χ0) is 19.0. The molecule has 5 nitrogen and oxygen atoms in total. The van der Waals surface area contributed by atoms with Crippen LogP contribution in [-0.2, 0) is 16.4 Å². The van der Waals surface area contributed by atoms with Gasteiger partial charge in [-0.05, 0) is 42.8 Å². The zero-order valence-corrected chi connectivity index (χ0v) is 15.6. The molecule has 3 aromatic rings. The monoisotopic (exact) mass is 378 g/mol. The fraction of sp³-hybridized carbons (Fsp3) is 0.143. The van der Waals surface area contributed by atoms with Crippen LogP contribution in [-0.4, -0.2) is 23.6 Å². The first-order valence-corrected chi connectivity index (χ1v) is 10.1. The number of fused-ring (bicyclic) bond motifs is 1. The Balaban J connectivity index is 1.82. The molecule has 1 atom stereocenters. The molecule has 1 unspecified atom stereocenters. The number of nitrogens with zero attached hydrogens (tertiary/aromatic N) is 2. The van der Waals surface area contributed by atoms with Crippen LogP contribution in [0.4, 0.5) is 0 Å². The summed E-state index contributed by atoms with van der Waals surface area (Å²) in [6, 6.07) is 18.5. The van der Waals surface area contributed by atoms with Crippen molar-refractivity contribution >= 4 is 15.9 Å². The number of hydrogen-bond donors (Lipinski definition) is 0. The largest absolute Gasteiger partial charge is 0.268 e. The summed E-state index contributed by atoms with van der Waals surface area (Å²) in [6.07, 6.45) is 1.99. The molecule has 0 bridgehead atoms. The van der Waals surface area contributed by atoms with Gasteiger partial charge in [0.05, 0.1) is 10.9 Å². The molecular formula is C21H18N2O3S. The molecule has 27 heavy (non-hydrogen) atoms. The number of aromatic nitrogens is 1. The summed E-state index contributed by atoms with van der Waals surface area (Å²) < 4.78 is 27.6. The van der Waals surface area contributed by atoms with Gasteiger partial charge in [-0.3, -0.25) is 9.78 Å². The Morgan fingerprint density at radius 2 is 1.67 bits per heavy atom. The van der Waals surface area contributed by atoms with Gasteiger partial charge in [0.25, 0.3) is 15.9 Å². The summed E-state index contributed by atoms with van der Waals surface area (Å²) in [6.45, 7) is 1.89. The first kappa shape index (κ1) is 17.4. The van der Waals surface area contributed by atoms with Gasteiger partial charge in [-0.15, -0.1) is 0 Å². The molecular weight excluding hydrogens is 360 g/mol. The number of sulfonamides is 1. The van der Waals surface area contributed by atoms with Gasteiger partial charge in [-0.1, -0.05) is 42.0 Å². The van der Waals surface area contributed by atoms with Crippen molar-refractivity contribution in [2.75, 3.05) is 0 Å². The number of carbonyl (C=O) groups excluding carboxylic acids is 1. The van der Waals surface area contributed by atoms with E-state index in [9.17, 15) is 13.2 Å². The van der Waals surface area contributed by atoms with Crippen molar-refractivity contribution in [3.8, 4) is 0 Å². The van der Waals surface area contributed by atoms with Crippen molar-refractivity contribution in [3.05, 3.63) is 95.3 Å². The van der Waals surface area contributed by atoms with E-state index < -0.39 is 22.0 Å². The minimum Gasteiger partial charge on any atom is -0.268 e. The molecule has 0 fully saturated rings. The Labute approximate surface area is 158 Å². The minimum atomic E-state index is -3.99. The highest BCUT2D eigenvalue weighted by Crippen LogP contribution is 2.39. The van der Waals surface area contributed by atoms with Crippen molar-refractivity contribution in [2.45, 2.75) is 24.3 Å². The van der Waals surface area contributed by atoms with Crippen LogP contribution in [0.1, 0.15) is 33.2 Å². The molecule has 0 spiro atoms. The van der Waals surface area contributed by atoms with Crippen molar-refractivity contribution in [1.82, 2.24) is 9.29 Å². The van der Waals surface area contributed by atoms with Crippen LogP contribution in [0.5, 0.6) is 0 Å². The molecule has 1 amide bonds. The van der Waals surface area contributed by atoms with Gasteiger partial charge in [0.15, 0.2) is 0 Å². The highest BCUT2D eigenvalue weighted by Gasteiger charge is 2.44. The first-order valence-electron chi connectivity index (χ1n) is 8.63. The molecule has 0 saturated carbocycles. The van der Waals surface area contributed by atoms with Crippen LogP contribution in [0.3, 0.4) is 0 Å². The Bertz CT molecular complexity index is 1090. The van der Waals surface area contributed by atoms with Crippen LogP contribution >= 0.6 is 0 Å². The van der Waals surface area contributed by atoms with E-state index in [2.05, 4.69) is 4.98 Å². The standard InChI is InChI=1S/C21H18N2O3S/c1-15-9-11-17(12-10-15)27(25,26)23-20(14-16-6-4-5-13-22-16)18-7-2-3-8-19(18)21(23)24/h2-13,20H,14H2,1H3. The fourth-order valence-electron chi connectivity index (χ4n) is 3.38. The lowest BCUT2D eigenvalue weighted by atomic mass is 10.0. The lowest BCUT2D eigenvalue weighted by Crippen LogP contribution is -2.35. The Kier molecular flexibility index (Phi) is 4.28. The van der Waals surface area contributed by atoms with Gasteiger partial charge in [-0.2, -0.15) is 0 Å². The predicted octanol–water partition coefficient (Wildman–Crippen LogP) is 3.52. The van der Waals surface area contributed by atoms with Gasteiger partial charge in [0.1, 0.15) is 0 Å². The predicted molar refractivity (Wildman–Crippen MR) is 102 cm³/mol. The molecule has 2 aromatic carbocycles. The molecule has 0 aliphatic carbocycles. The summed E-state index contributed by atoms with van der Waals surface area (Å²) in [5, 5.41) is 0. The maximum Gasteiger partial charge on any atom is 0.268 e. The van der Waals surface area contributed by atoms with E-state index in [4.69, 9.17) is 0 Å². The van der Waals surface area contributed by atoms with E-state index >= 15 is 0 Å². The highest BCUT2D eigenvalue weighted by molar-refractivity contribution is 7.89. The lowest BCUT2D eigenvalue weighted by molar-refractivity contribution is 0.0853. The molecule has 136 valence electrons. The smallest absolute Gasteiger partial charge is 0.268 e. The minimum absolute atomic E-state index is 0.111. The number of aryl methyl sites for hydroxylation is 1. The summed E-state index contributed by atoms with van der Waals surface area (Å²) in [5.41, 5.74) is 2.82. The molecule has 0 radical (unpaired) electrons. The van der Waals surface area contributed by atoms with E-state index in [0.717, 1.165) is 15.6 Å². The first-order chi connectivity index (χ1) is 13.0. The Morgan fingerprint density at radius 1 is 0.963 bits per heavy atom. The average Bonchev–Trinajstić information content (AvgIpc) is 2.96. The van der Waals surface area contributed by atoms with Crippen molar-refractivity contribution in [1.29, 1.82) is 0 Å². The summed E-state index contributed by atoms with van der Waals surface area (Å²) in [5.74, 6) is -0.493. The van der Waals surface area contributed by atoms with E-state index in [-0.39, 0.29) is 4.90 Å². The van der Waals surface area contributed by atoms with Crippen molar-refractivity contribution in [2.24, 2.45) is 0 Å². The van der Waals surface area contributed by atoms with Gasteiger partial charge < -0.3 is 0 Å². The molecule has 0 saturated heterocycles. The normalized spacial score (nSPS) is 16.4. The molecule has 1 aliphatic rings. The third-order valence-corrected chi connectivity index (χ3v) is 6.55. The van der Waals surface area contributed by atoms with Crippen LogP contribution in [0, 0.1) is 6.92 Å². The summed E-state index contributed by atoms with van der Waals surface area (Å²) >= 11 is 0. The van der Waals surface area contributed by atoms with Crippen LogP contribution in [0.15, 0.2) is 77.8 Å². The van der Waals surface area contributed by atoms with Gasteiger partial charge >= 0.3 is 0 Å². The van der Waals surface area contributed by atoms with E-state index in [0.29, 0.717) is 17.5 Å². The number of hydrogen-bond acceptors (Lipinski definition) is 4. The van der Waals surface area contributed by atoms with Gasteiger partial charge in [-0.25, -0.2) is 12.7 Å². The second-order valence-corrected chi connectivity index (χ2v) is 8.36. The van der Waals surface area contributed by atoms with Crippen LogP contribution < -0.4 is 0 Å². The Hall–Kier alpha value is -2.99. The lowest BCUT2D eigenvalue weighted by Gasteiger charge is -2.25. The third-order valence-electron chi connectivity index (χ3n) is 4.74. The van der Waals surface area contributed by atoms with E-state index in [1.165, 1.54) is 0 Å². The third kappa shape index (κ3) is 3.02. The molecule has 1 aliphatic heterocycles. The average molecular weight is 378 g/mol. The van der Waals surface area contributed by atoms with Crippen molar-refractivity contribution < 1.29 is 13.2 Å². The summed E-state index contributed by atoms with van der Waals surface area (Å²) in [7, 11) is -3.99.